The quantitative estimate of drug-likeness (QED) is 0.886. The van der Waals surface area contributed by atoms with Gasteiger partial charge in [0.25, 0.3) is 0 Å². The lowest BCUT2D eigenvalue weighted by Gasteiger charge is -2.06. The van der Waals surface area contributed by atoms with Crippen molar-refractivity contribution in [2.75, 3.05) is 0 Å². The molecule has 1 aromatic heterocycles. The van der Waals surface area contributed by atoms with E-state index in [0.29, 0.717) is 17.6 Å². The minimum atomic E-state index is -0.875. The molecule has 88 valence electrons. The van der Waals surface area contributed by atoms with Crippen LogP contribution in [0.3, 0.4) is 0 Å². The monoisotopic (exact) mass is 233 g/mol. The molecular weight excluding hydrogens is 221 g/mol. The van der Waals surface area contributed by atoms with E-state index in [4.69, 9.17) is 5.11 Å². The zero-order valence-electron chi connectivity index (χ0n) is 9.35. The van der Waals surface area contributed by atoms with Crippen molar-refractivity contribution < 1.29 is 14.3 Å². The molecule has 0 aliphatic carbocycles. The third-order valence-corrected chi connectivity index (χ3v) is 2.67. The van der Waals surface area contributed by atoms with E-state index in [-0.39, 0.29) is 5.82 Å². The smallest absolute Gasteiger partial charge is 0.306 e. The first-order chi connectivity index (χ1) is 8.08. The third-order valence-electron chi connectivity index (χ3n) is 2.67. The van der Waals surface area contributed by atoms with Gasteiger partial charge in [-0.15, -0.1) is 0 Å². The van der Waals surface area contributed by atoms with Crippen molar-refractivity contribution in [3.63, 3.8) is 0 Å². The number of hydrogen-bond acceptors (Lipinski definition) is 2. The van der Waals surface area contributed by atoms with Crippen molar-refractivity contribution in [3.05, 3.63) is 41.8 Å². The zero-order valence-corrected chi connectivity index (χ0v) is 9.35. The number of aromatic nitrogens is 1. The van der Waals surface area contributed by atoms with E-state index < -0.39 is 11.9 Å². The Labute approximate surface area is 97.9 Å². The standard InChI is InChI=1S/C13H12FNO2/c1-8(13(16)17)7-10-6-5-9-3-2-4-11(14)12(9)15-10/h2-6,8H,7H2,1H3,(H,16,17). The molecule has 17 heavy (non-hydrogen) atoms. The first kappa shape index (κ1) is 11.5. The summed E-state index contributed by atoms with van der Waals surface area (Å²) in [6, 6.07) is 8.24. The maximum atomic E-state index is 13.5. The molecule has 0 amide bonds. The minimum Gasteiger partial charge on any atom is -0.481 e. The molecule has 0 saturated carbocycles. The van der Waals surface area contributed by atoms with E-state index in [2.05, 4.69) is 4.98 Å². The molecule has 1 heterocycles. The topological polar surface area (TPSA) is 50.2 Å². The van der Waals surface area contributed by atoms with Crippen LogP contribution in [0, 0.1) is 11.7 Å². The fourth-order valence-electron chi connectivity index (χ4n) is 1.67. The van der Waals surface area contributed by atoms with Crippen molar-refractivity contribution in [2.45, 2.75) is 13.3 Å². The Morgan fingerprint density at radius 1 is 1.41 bits per heavy atom. The van der Waals surface area contributed by atoms with E-state index in [1.165, 1.54) is 6.07 Å². The molecule has 0 aliphatic rings. The molecule has 0 aliphatic heterocycles. The summed E-state index contributed by atoms with van der Waals surface area (Å²) in [5.41, 5.74) is 0.889. The van der Waals surface area contributed by atoms with Crippen LogP contribution in [0.1, 0.15) is 12.6 Å². The highest BCUT2D eigenvalue weighted by molar-refractivity contribution is 5.79. The highest BCUT2D eigenvalue weighted by Crippen LogP contribution is 2.17. The maximum absolute atomic E-state index is 13.5. The van der Waals surface area contributed by atoms with Crippen LogP contribution in [0.2, 0.25) is 0 Å². The molecule has 1 N–H and O–H groups in total. The van der Waals surface area contributed by atoms with Crippen LogP contribution in [0.25, 0.3) is 10.9 Å². The molecule has 0 bridgehead atoms. The predicted molar refractivity (Wildman–Crippen MR) is 62.2 cm³/mol. The van der Waals surface area contributed by atoms with Gasteiger partial charge in [0.15, 0.2) is 0 Å². The van der Waals surface area contributed by atoms with E-state index in [1.807, 2.05) is 0 Å². The largest absolute Gasteiger partial charge is 0.481 e. The van der Waals surface area contributed by atoms with Crippen molar-refractivity contribution in [1.29, 1.82) is 0 Å². The molecule has 3 nitrogen and oxygen atoms in total. The van der Waals surface area contributed by atoms with Gasteiger partial charge in [0.1, 0.15) is 11.3 Å². The molecule has 0 fully saturated rings. The number of benzene rings is 1. The summed E-state index contributed by atoms with van der Waals surface area (Å²) in [6.45, 7) is 1.61. The summed E-state index contributed by atoms with van der Waals surface area (Å²) in [5, 5.41) is 9.53. The fraction of sp³-hybridized carbons (Fsp3) is 0.231. The number of rotatable bonds is 3. The van der Waals surface area contributed by atoms with E-state index in [1.54, 1.807) is 31.2 Å². The Bertz CT molecular complexity index is 568. The molecule has 0 radical (unpaired) electrons. The van der Waals surface area contributed by atoms with Crippen LogP contribution in [0.5, 0.6) is 0 Å². The minimum absolute atomic E-state index is 0.294. The fourth-order valence-corrected chi connectivity index (χ4v) is 1.67. The average Bonchev–Trinajstić information content (AvgIpc) is 2.30. The molecule has 0 saturated heterocycles. The summed E-state index contributed by atoms with van der Waals surface area (Å²) >= 11 is 0. The van der Waals surface area contributed by atoms with Gasteiger partial charge in [-0.2, -0.15) is 0 Å². The lowest BCUT2D eigenvalue weighted by Crippen LogP contribution is -2.13. The van der Waals surface area contributed by atoms with Gasteiger partial charge in [0.05, 0.1) is 5.92 Å². The number of carboxylic acids is 1. The maximum Gasteiger partial charge on any atom is 0.306 e. The van der Waals surface area contributed by atoms with E-state index in [9.17, 15) is 9.18 Å². The summed E-state index contributed by atoms with van der Waals surface area (Å²) in [5.74, 6) is -1.78. The Hall–Kier alpha value is -1.97. The second-order valence-corrected chi connectivity index (χ2v) is 4.06. The van der Waals surface area contributed by atoms with Crippen LogP contribution >= 0.6 is 0 Å². The van der Waals surface area contributed by atoms with Crippen LogP contribution in [-0.2, 0) is 11.2 Å². The summed E-state index contributed by atoms with van der Waals surface area (Å²) in [7, 11) is 0. The van der Waals surface area contributed by atoms with Crippen molar-refractivity contribution in [1.82, 2.24) is 4.98 Å². The van der Waals surface area contributed by atoms with Crippen LogP contribution in [-0.4, -0.2) is 16.1 Å². The van der Waals surface area contributed by atoms with Gasteiger partial charge in [-0.25, -0.2) is 9.37 Å². The van der Waals surface area contributed by atoms with E-state index in [0.717, 1.165) is 5.39 Å². The zero-order chi connectivity index (χ0) is 12.4. The molecule has 2 rings (SSSR count). The van der Waals surface area contributed by atoms with E-state index >= 15 is 0 Å². The van der Waals surface area contributed by atoms with Crippen molar-refractivity contribution >= 4 is 16.9 Å². The molecule has 0 spiro atoms. The van der Waals surface area contributed by atoms with Crippen LogP contribution in [0.4, 0.5) is 4.39 Å². The lowest BCUT2D eigenvalue weighted by molar-refractivity contribution is -0.141. The number of hydrogen-bond donors (Lipinski definition) is 1. The summed E-state index contributed by atoms with van der Waals surface area (Å²) < 4.78 is 13.5. The number of para-hydroxylation sites is 1. The Kier molecular flexibility index (Phi) is 3.04. The van der Waals surface area contributed by atoms with Crippen LogP contribution < -0.4 is 0 Å². The molecule has 1 atom stereocenters. The second kappa shape index (κ2) is 4.49. The second-order valence-electron chi connectivity index (χ2n) is 4.06. The molecule has 1 aromatic carbocycles. The van der Waals surface area contributed by atoms with Crippen LogP contribution in [0.15, 0.2) is 30.3 Å². The van der Waals surface area contributed by atoms with Gasteiger partial charge in [-0.1, -0.05) is 25.1 Å². The Balaban J connectivity index is 2.37. The van der Waals surface area contributed by atoms with Gasteiger partial charge in [0, 0.05) is 17.5 Å². The predicted octanol–water partition coefficient (Wildman–Crippen LogP) is 2.64. The van der Waals surface area contributed by atoms with Crippen molar-refractivity contribution in [3.8, 4) is 0 Å². The highest BCUT2D eigenvalue weighted by Gasteiger charge is 2.13. The lowest BCUT2D eigenvalue weighted by atomic mass is 10.0. The van der Waals surface area contributed by atoms with Gasteiger partial charge in [-0.3, -0.25) is 4.79 Å². The summed E-state index contributed by atoms with van der Waals surface area (Å²) in [4.78, 5) is 14.9. The Morgan fingerprint density at radius 2 is 2.18 bits per heavy atom. The molecular formula is C13H12FNO2. The van der Waals surface area contributed by atoms with Gasteiger partial charge in [-0.05, 0) is 12.1 Å². The number of nitrogens with zero attached hydrogens (tertiary/aromatic N) is 1. The number of carboxylic acid groups (broad SMARTS) is 1. The van der Waals surface area contributed by atoms with Gasteiger partial charge in [0.2, 0.25) is 0 Å². The average molecular weight is 233 g/mol. The molecule has 1 unspecified atom stereocenters. The number of pyridine rings is 1. The third kappa shape index (κ3) is 2.41. The number of carbonyl (C=O) groups is 1. The number of aliphatic carboxylic acids is 1. The highest BCUT2D eigenvalue weighted by atomic mass is 19.1. The first-order valence-corrected chi connectivity index (χ1v) is 5.35. The van der Waals surface area contributed by atoms with Crippen molar-refractivity contribution in [2.24, 2.45) is 5.92 Å². The number of fused-ring (bicyclic) bond motifs is 1. The van der Waals surface area contributed by atoms with Gasteiger partial charge < -0.3 is 5.11 Å². The first-order valence-electron chi connectivity index (χ1n) is 5.35. The SMILES string of the molecule is CC(Cc1ccc2cccc(F)c2n1)C(=O)O. The molecule has 2 aromatic rings. The normalized spacial score (nSPS) is 12.6. The van der Waals surface area contributed by atoms with Gasteiger partial charge >= 0.3 is 5.97 Å². The summed E-state index contributed by atoms with van der Waals surface area (Å²) in [6.07, 6.45) is 0.305. The molecule has 4 heteroatoms. The number of halogens is 1. The Morgan fingerprint density at radius 3 is 2.88 bits per heavy atom.